The number of benzene rings is 2. The number of ketones is 1. The maximum absolute atomic E-state index is 13.6. The van der Waals surface area contributed by atoms with Crippen molar-refractivity contribution in [3.05, 3.63) is 63.4 Å². The number of carbonyl (C=O) groups is 1. The summed E-state index contributed by atoms with van der Waals surface area (Å²) in [6.45, 7) is 0. The Hall–Kier alpha value is -1.58. The molecule has 0 saturated heterocycles. The van der Waals surface area contributed by atoms with Crippen LogP contribution in [0.15, 0.2) is 36.4 Å². The number of halogens is 3. The average molecular weight is 313 g/mol. The number of hydrogen-bond donors (Lipinski definition) is 0. The number of rotatable bonds is 4. The molecule has 104 valence electrons. The maximum Gasteiger partial charge on any atom is 0.171 e. The number of carbonyl (C=O) groups excluding carboxylic acids is 1. The first kappa shape index (κ1) is 14.8. The van der Waals surface area contributed by atoms with Crippen LogP contribution < -0.4 is 4.74 Å². The molecule has 2 nitrogen and oxygen atoms in total. The van der Waals surface area contributed by atoms with E-state index in [0.717, 1.165) is 0 Å². The molecule has 0 atom stereocenters. The summed E-state index contributed by atoms with van der Waals surface area (Å²) < 4.78 is 18.7. The van der Waals surface area contributed by atoms with Gasteiger partial charge in [0.15, 0.2) is 5.78 Å². The summed E-state index contributed by atoms with van der Waals surface area (Å²) in [4.78, 5) is 12.2. The van der Waals surface area contributed by atoms with Gasteiger partial charge in [-0.3, -0.25) is 4.79 Å². The molecule has 0 saturated carbocycles. The van der Waals surface area contributed by atoms with Crippen molar-refractivity contribution >= 4 is 29.0 Å². The van der Waals surface area contributed by atoms with Crippen LogP contribution in [0.2, 0.25) is 10.0 Å². The molecule has 2 aromatic carbocycles. The fourth-order valence-electron chi connectivity index (χ4n) is 1.84. The van der Waals surface area contributed by atoms with E-state index in [9.17, 15) is 9.18 Å². The molecule has 2 rings (SSSR count). The second kappa shape index (κ2) is 6.25. The standard InChI is InChI=1S/C15H11Cl2FO2/c1-20-15-8-11(17)2-4-12(15)14(19)7-9-6-10(16)3-5-13(9)18/h2-6,8H,7H2,1H3. The van der Waals surface area contributed by atoms with Crippen molar-refractivity contribution < 1.29 is 13.9 Å². The van der Waals surface area contributed by atoms with E-state index >= 15 is 0 Å². The first-order chi connectivity index (χ1) is 9.51. The number of ether oxygens (including phenoxy) is 1. The Morgan fingerprint density at radius 3 is 2.50 bits per heavy atom. The van der Waals surface area contributed by atoms with Crippen LogP contribution in [-0.4, -0.2) is 12.9 Å². The third-order valence-corrected chi connectivity index (χ3v) is 3.29. The zero-order chi connectivity index (χ0) is 14.7. The van der Waals surface area contributed by atoms with Gasteiger partial charge in [0.05, 0.1) is 12.7 Å². The Bertz CT molecular complexity index is 656. The highest BCUT2D eigenvalue weighted by atomic mass is 35.5. The number of Topliss-reactive ketones (excluding diaryl/α,β-unsaturated/α-hetero) is 1. The van der Waals surface area contributed by atoms with E-state index in [1.807, 2.05) is 0 Å². The molecule has 0 radical (unpaired) electrons. The summed E-state index contributed by atoms with van der Waals surface area (Å²) in [6, 6.07) is 8.82. The number of hydrogen-bond acceptors (Lipinski definition) is 2. The summed E-state index contributed by atoms with van der Waals surface area (Å²) in [6.07, 6.45) is -0.0929. The van der Waals surface area contributed by atoms with Crippen molar-refractivity contribution in [2.45, 2.75) is 6.42 Å². The monoisotopic (exact) mass is 312 g/mol. The molecule has 0 N–H and O–H groups in total. The lowest BCUT2D eigenvalue weighted by Crippen LogP contribution is -2.07. The minimum absolute atomic E-state index is 0.0929. The molecule has 0 aliphatic rings. The summed E-state index contributed by atoms with van der Waals surface area (Å²) in [5.41, 5.74) is 0.607. The summed E-state index contributed by atoms with van der Waals surface area (Å²) in [7, 11) is 1.45. The van der Waals surface area contributed by atoms with Gasteiger partial charge >= 0.3 is 0 Å². The highest BCUT2D eigenvalue weighted by Crippen LogP contribution is 2.25. The zero-order valence-corrected chi connectivity index (χ0v) is 12.1. The average Bonchev–Trinajstić information content (AvgIpc) is 2.42. The molecule has 0 fully saturated rings. The third kappa shape index (κ3) is 3.30. The lowest BCUT2D eigenvalue weighted by Gasteiger charge is -2.09. The van der Waals surface area contributed by atoms with Gasteiger partial charge in [-0.25, -0.2) is 4.39 Å². The molecule has 0 heterocycles. The van der Waals surface area contributed by atoms with Crippen LogP contribution in [0.3, 0.4) is 0 Å². The smallest absolute Gasteiger partial charge is 0.171 e. The van der Waals surface area contributed by atoms with Gasteiger partial charge in [0.25, 0.3) is 0 Å². The third-order valence-electron chi connectivity index (χ3n) is 2.82. The van der Waals surface area contributed by atoms with E-state index < -0.39 is 5.82 Å². The molecular weight excluding hydrogens is 302 g/mol. The van der Waals surface area contributed by atoms with Crippen LogP contribution in [0.4, 0.5) is 4.39 Å². The van der Waals surface area contributed by atoms with Crippen LogP contribution in [0, 0.1) is 5.82 Å². The summed E-state index contributed by atoms with van der Waals surface area (Å²) >= 11 is 11.6. The SMILES string of the molecule is COc1cc(Cl)ccc1C(=O)Cc1cc(Cl)ccc1F. The summed E-state index contributed by atoms with van der Waals surface area (Å²) in [5.74, 6) is -0.361. The van der Waals surface area contributed by atoms with Gasteiger partial charge in [0.1, 0.15) is 11.6 Å². The predicted molar refractivity (Wildman–Crippen MR) is 77.4 cm³/mol. The highest BCUT2D eigenvalue weighted by molar-refractivity contribution is 6.31. The van der Waals surface area contributed by atoms with Crippen molar-refractivity contribution in [1.82, 2.24) is 0 Å². The molecule has 0 amide bonds. The lowest BCUT2D eigenvalue weighted by atomic mass is 10.0. The quantitative estimate of drug-likeness (QED) is 0.773. The van der Waals surface area contributed by atoms with Gasteiger partial charge in [-0.15, -0.1) is 0 Å². The largest absolute Gasteiger partial charge is 0.496 e. The van der Waals surface area contributed by atoms with E-state index in [2.05, 4.69) is 0 Å². The normalized spacial score (nSPS) is 10.4. The first-order valence-corrected chi connectivity index (χ1v) is 6.57. The lowest BCUT2D eigenvalue weighted by molar-refractivity contribution is 0.0989. The van der Waals surface area contributed by atoms with Gasteiger partial charge in [-0.2, -0.15) is 0 Å². The van der Waals surface area contributed by atoms with Crippen molar-refractivity contribution in [1.29, 1.82) is 0 Å². The van der Waals surface area contributed by atoms with Gasteiger partial charge in [0.2, 0.25) is 0 Å². The Morgan fingerprint density at radius 2 is 1.80 bits per heavy atom. The molecule has 0 aliphatic heterocycles. The maximum atomic E-state index is 13.6. The number of methoxy groups -OCH3 is 1. The topological polar surface area (TPSA) is 26.3 Å². The Labute approximate surface area is 126 Å². The van der Waals surface area contributed by atoms with Crippen LogP contribution in [0.5, 0.6) is 5.75 Å². The molecule has 0 bridgehead atoms. The Balaban J connectivity index is 2.30. The molecule has 0 aliphatic carbocycles. The van der Waals surface area contributed by atoms with Crippen molar-refractivity contribution in [2.75, 3.05) is 7.11 Å². The minimum Gasteiger partial charge on any atom is -0.496 e. The van der Waals surface area contributed by atoms with Gasteiger partial charge in [0, 0.05) is 16.5 Å². The van der Waals surface area contributed by atoms with Gasteiger partial charge in [-0.05, 0) is 42.0 Å². The molecule has 2 aromatic rings. The van der Waals surface area contributed by atoms with Crippen molar-refractivity contribution in [3.8, 4) is 5.75 Å². The van der Waals surface area contributed by atoms with Gasteiger partial charge in [-0.1, -0.05) is 23.2 Å². The van der Waals surface area contributed by atoms with E-state index in [1.54, 1.807) is 18.2 Å². The van der Waals surface area contributed by atoms with Crippen LogP contribution in [0.1, 0.15) is 15.9 Å². The molecule has 5 heteroatoms. The highest BCUT2D eigenvalue weighted by Gasteiger charge is 2.15. The zero-order valence-electron chi connectivity index (χ0n) is 10.6. The van der Waals surface area contributed by atoms with Crippen molar-refractivity contribution in [3.63, 3.8) is 0 Å². The van der Waals surface area contributed by atoms with E-state index in [1.165, 1.54) is 25.3 Å². The Kier molecular flexibility index (Phi) is 4.63. The van der Waals surface area contributed by atoms with E-state index in [4.69, 9.17) is 27.9 Å². The van der Waals surface area contributed by atoms with E-state index in [0.29, 0.717) is 21.4 Å². The van der Waals surface area contributed by atoms with Crippen molar-refractivity contribution in [2.24, 2.45) is 0 Å². The Morgan fingerprint density at radius 1 is 1.15 bits per heavy atom. The fourth-order valence-corrected chi connectivity index (χ4v) is 2.20. The molecular formula is C15H11Cl2FO2. The second-order valence-electron chi connectivity index (χ2n) is 4.18. The fraction of sp³-hybridized carbons (Fsp3) is 0.133. The van der Waals surface area contributed by atoms with Crippen LogP contribution >= 0.6 is 23.2 Å². The molecule has 0 spiro atoms. The molecule has 0 aromatic heterocycles. The van der Waals surface area contributed by atoms with Crippen LogP contribution in [0.25, 0.3) is 0 Å². The van der Waals surface area contributed by atoms with E-state index in [-0.39, 0.29) is 17.8 Å². The van der Waals surface area contributed by atoms with Gasteiger partial charge < -0.3 is 4.74 Å². The van der Waals surface area contributed by atoms with Crippen LogP contribution in [-0.2, 0) is 6.42 Å². The molecule has 0 unspecified atom stereocenters. The minimum atomic E-state index is -0.462. The second-order valence-corrected chi connectivity index (χ2v) is 5.05. The predicted octanol–water partition coefficient (Wildman–Crippen LogP) is 4.57. The first-order valence-electron chi connectivity index (χ1n) is 5.82. The summed E-state index contributed by atoms with van der Waals surface area (Å²) in [5, 5.41) is 0.851. The molecule has 20 heavy (non-hydrogen) atoms.